The fourth-order valence-electron chi connectivity index (χ4n) is 1.29. The monoisotopic (exact) mass is 296 g/mol. The van der Waals surface area contributed by atoms with E-state index in [1.54, 1.807) is 0 Å². The van der Waals surface area contributed by atoms with Crippen molar-refractivity contribution in [3.8, 4) is 11.3 Å². The molecule has 0 atom stereocenters. The molecule has 1 amide bonds. The molecule has 5 heteroatoms. The normalized spacial score (nSPS) is 10.3. The number of amides is 1. The van der Waals surface area contributed by atoms with Gasteiger partial charge in [-0.05, 0) is 12.1 Å². The summed E-state index contributed by atoms with van der Waals surface area (Å²) in [6, 6.07) is 7.88. The first kappa shape index (κ1) is 11.3. The highest BCUT2D eigenvalue weighted by molar-refractivity contribution is 9.10. The molecule has 0 spiro atoms. The number of benzene rings is 1. The number of primary amides is 1. The van der Waals surface area contributed by atoms with Crippen molar-refractivity contribution in [1.82, 2.24) is 4.98 Å². The zero-order chi connectivity index (χ0) is 11.5. The third-order valence-corrected chi connectivity index (χ3v) is 3.39. The molecule has 2 rings (SSSR count). The second kappa shape index (κ2) is 4.76. The van der Waals surface area contributed by atoms with Crippen molar-refractivity contribution in [2.75, 3.05) is 0 Å². The number of carbonyl (C=O) groups is 1. The lowest BCUT2D eigenvalue weighted by atomic mass is 10.2. The van der Waals surface area contributed by atoms with Gasteiger partial charge < -0.3 is 5.73 Å². The van der Waals surface area contributed by atoms with Gasteiger partial charge in [0.05, 0.1) is 12.1 Å². The predicted octanol–water partition coefficient (Wildman–Crippen LogP) is 2.60. The van der Waals surface area contributed by atoms with Crippen LogP contribution in [0.3, 0.4) is 0 Å². The average Bonchev–Trinajstić information content (AvgIpc) is 2.66. The number of carbonyl (C=O) groups excluding carboxylic acids is 1. The van der Waals surface area contributed by atoms with Gasteiger partial charge in [-0.3, -0.25) is 4.79 Å². The van der Waals surface area contributed by atoms with Crippen molar-refractivity contribution >= 4 is 33.2 Å². The van der Waals surface area contributed by atoms with Gasteiger partial charge in [0.15, 0.2) is 0 Å². The molecule has 0 saturated carbocycles. The standard InChI is InChI=1S/C11H9BrN2OS/c12-8-3-1-7(2-4-8)9-6-16-11(14-9)5-10(13)15/h1-4,6H,5H2,(H2,13,15). The highest BCUT2D eigenvalue weighted by atomic mass is 79.9. The predicted molar refractivity (Wildman–Crippen MR) is 68.1 cm³/mol. The van der Waals surface area contributed by atoms with Gasteiger partial charge in [-0.25, -0.2) is 4.98 Å². The van der Waals surface area contributed by atoms with Crippen molar-refractivity contribution in [3.05, 3.63) is 39.1 Å². The molecule has 82 valence electrons. The molecule has 1 aromatic heterocycles. The molecule has 0 saturated heterocycles. The van der Waals surface area contributed by atoms with Crippen molar-refractivity contribution in [3.63, 3.8) is 0 Å². The van der Waals surface area contributed by atoms with Crippen LogP contribution in [0.2, 0.25) is 0 Å². The highest BCUT2D eigenvalue weighted by Gasteiger charge is 2.06. The number of halogens is 1. The number of nitrogens with two attached hydrogens (primary N) is 1. The van der Waals surface area contributed by atoms with E-state index in [9.17, 15) is 4.79 Å². The Morgan fingerprint density at radius 2 is 2.06 bits per heavy atom. The Morgan fingerprint density at radius 3 is 2.69 bits per heavy atom. The fraction of sp³-hybridized carbons (Fsp3) is 0.0909. The second-order valence-corrected chi connectivity index (χ2v) is 5.13. The van der Waals surface area contributed by atoms with E-state index in [1.165, 1.54) is 11.3 Å². The maximum absolute atomic E-state index is 10.7. The molecule has 0 bridgehead atoms. The summed E-state index contributed by atoms with van der Waals surface area (Å²) >= 11 is 4.83. The second-order valence-electron chi connectivity index (χ2n) is 3.28. The Balaban J connectivity index is 2.24. The first-order valence-electron chi connectivity index (χ1n) is 4.64. The largest absolute Gasteiger partial charge is 0.369 e. The number of rotatable bonds is 3. The third-order valence-electron chi connectivity index (χ3n) is 2.02. The quantitative estimate of drug-likeness (QED) is 0.946. The minimum Gasteiger partial charge on any atom is -0.369 e. The van der Waals surface area contributed by atoms with Crippen molar-refractivity contribution in [2.45, 2.75) is 6.42 Å². The molecular formula is C11H9BrN2OS. The van der Waals surface area contributed by atoms with E-state index in [0.29, 0.717) is 0 Å². The highest BCUT2D eigenvalue weighted by Crippen LogP contribution is 2.23. The van der Waals surface area contributed by atoms with Crippen LogP contribution in [-0.4, -0.2) is 10.9 Å². The summed E-state index contributed by atoms with van der Waals surface area (Å²) < 4.78 is 1.03. The molecular weight excluding hydrogens is 288 g/mol. The van der Waals surface area contributed by atoms with Gasteiger partial charge in [0.25, 0.3) is 0 Å². The lowest BCUT2D eigenvalue weighted by molar-refractivity contribution is -0.117. The molecule has 1 heterocycles. The number of hydrogen-bond donors (Lipinski definition) is 1. The Kier molecular flexibility index (Phi) is 3.36. The molecule has 1 aromatic carbocycles. The first-order valence-corrected chi connectivity index (χ1v) is 6.31. The van der Waals surface area contributed by atoms with Crippen LogP contribution in [0.15, 0.2) is 34.1 Å². The molecule has 16 heavy (non-hydrogen) atoms. The number of nitrogens with zero attached hydrogens (tertiary/aromatic N) is 1. The molecule has 0 aliphatic heterocycles. The Hall–Kier alpha value is -1.20. The summed E-state index contributed by atoms with van der Waals surface area (Å²) in [6.45, 7) is 0. The molecule has 2 N–H and O–H groups in total. The molecule has 0 unspecified atom stereocenters. The van der Waals surface area contributed by atoms with E-state index < -0.39 is 0 Å². The third kappa shape index (κ3) is 2.68. The van der Waals surface area contributed by atoms with Crippen LogP contribution in [0.5, 0.6) is 0 Å². The van der Waals surface area contributed by atoms with Gasteiger partial charge in [0, 0.05) is 15.4 Å². The van der Waals surface area contributed by atoms with Crippen molar-refractivity contribution in [1.29, 1.82) is 0 Å². The topological polar surface area (TPSA) is 56.0 Å². The van der Waals surface area contributed by atoms with E-state index in [4.69, 9.17) is 5.73 Å². The average molecular weight is 297 g/mol. The summed E-state index contributed by atoms with van der Waals surface area (Å²) in [6.07, 6.45) is 0.210. The van der Waals surface area contributed by atoms with Crippen molar-refractivity contribution in [2.24, 2.45) is 5.73 Å². The Bertz CT molecular complexity index is 507. The van der Waals surface area contributed by atoms with Gasteiger partial charge in [-0.2, -0.15) is 0 Å². The lowest BCUT2D eigenvalue weighted by Crippen LogP contribution is -2.13. The summed E-state index contributed by atoms with van der Waals surface area (Å²) in [5.74, 6) is -0.350. The summed E-state index contributed by atoms with van der Waals surface area (Å²) in [4.78, 5) is 15.1. The summed E-state index contributed by atoms with van der Waals surface area (Å²) in [7, 11) is 0. The van der Waals surface area contributed by atoms with Gasteiger partial charge in [0.2, 0.25) is 5.91 Å². The zero-order valence-corrected chi connectivity index (χ0v) is 10.7. The van der Waals surface area contributed by atoms with E-state index >= 15 is 0 Å². The summed E-state index contributed by atoms with van der Waals surface area (Å²) in [5, 5.41) is 2.69. The van der Waals surface area contributed by atoms with E-state index in [2.05, 4.69) is 20.9 Å². The number of hydrogen-bond acceptors (Lipinski definition) is 3. The van der Waals surface area contributed by atoms with Crippen LogP contribution in [0, 0.1) is 0 Å². The van der Waals surface area contributed by atoms with Crippen molar-refractivity contribution < 1.29 is 4.79 Å². The minimum absolute atomic E-state index is 0.210. The molecule has 0 radical (unpaired) electrons. The van der Waals surface area contributed by atoms with E-state index in [-0.39, 0.29) is 12.3 Å². The first-order chi connectivity index (χ1) is 7.65. The maximum atomic E-state index is 10.7. The number of aromatic nitrogens is 1. The van der Waals surface area contributed by atoms with Crippen LogP contribution in [-0.2, 0) is 11.2 Å². The molecule has 0 aliphatic carbocycles. The summed E-state index contributed by atoms with van der Waals surface area (Å²) in [5.41, 5.74) is 7.03. The van der Waals surface area contributed by atoms with Gasteiger partial charge in [-0.15, -0.1) is 11.3 Å². The van der Waals surface area contributed by atoms with Gasteiger partial charge in [0.1, 0.15) is 5.01 Å². The zero-order valence-electron chi connectivity index (χ0n) is 8.31. The SMILES string of the molecule is NC(=O)Cc1nc(-c2ccc(Br)cc2)cs1. The molecule has 2 aromatic rings. The van der Waals surface area contributed by atoms with Crippen LogP contribution in [0.25, 0.3) is 11.3 Å². The lowest BCUT2D eigenvalue weighted by Gasteiger charge is -1.96. The van der Waals surface area contributed by atoms with Gasteiger partial charge in [-0.1, -0.05) is 28.1 Å². The van der Waals surface area contributed by atoms with Crippen LogP contribution >= 0.6 is 27.3 Å². The smallest absolute Gasteiger partial charge is 0.224 e. The van der Waals surface area contributed by atoms with Crippen LogP contribution in [0.1, 0.15) is 5.01 Å². The van der Waals surface area contributed by atoms with E-state index in [0.717, 1.165) is 20.7 Å². The molecule has 3 nitrogen and oxygen atoms in total. The molecule has 0 fully saturated rings. The maximum Gasteiger partial charge on any atom is 0.224 e. The molecule has 0 aliphatic rings. The van der Waals surface area contributed by atoms with Crippen LogP contribution in [0.4, 0.5) is 0 Å². The Morgan fingerprint density at radius 1 is 1.38 bits per heavy atom. The Labute approximate surface area is 105 Å². The van der Waals surface area contributed by atoms with E-state index in [1.807, 2.05) is 29.6 Å². The van der Waals surface area contributed by atoms with Crippen LogP contribution < -0.4 is 5.73 Å². The minimum atomic E-state index is -0.350. The number of thiazole rings is 1. The fourth-order valence-corrected chi connectivity index (χ4v) is 2.37. The van der Waals surface area contributed by atoms with Gasteiger partial charge >= 0.3 is 0 Å².